The first-order valence-corrected chi connectivity index (χ1v) is 6.28. The quantitative estimate of drug-likeness (QED) is 0.800. The molecule has 2 heterocycles. The van der Waals surface area contributed by atoms with Gasteiger partial charge in [0.15, 0.2) is 0 Å². The molecule has 7 nitrogen and oxygen atoms in total. The van der Waals surface area contributed by atoms with E-state index >= 15 is 0 Å². The van der Waals surface area contributed by atoms with Crippen molar-refractivity contribution >= 4 is 17.9 Å². The third-order valence-electron chi connectivity index (χ3n) is 3.03. The van der Waals surface area contributed by atoms with Gasteiger partial charge >= 0.3 is 18.2 Å². The van der Waals surface area contributed by atoms with Crippen molar-refractivity contribution in [2.24, 2.45) is 0 Å². The summed E-state index contributed by atoms with van der Waals surface area (Å²) in [6.07, 6.45) is -1.75. The van der Waals surface area contributed by atoms with Gasteiger partial charge in [0.1, 0.15) is 5.54 Å². The number of carbonyl (C=O) groups excluding carboxylic acids is 2. The lowest BCUT2D eigenvalue weighted by molar-refractivity contribution is -0.192. The van der Waals surface area contributed by atoms with Crippen LogP contribution in [0.15, 0.2) is 24.5 Å². The maximum Gasteiger partial charge on any atom is 0.490 e. The monoisotopic (exact) mass is 333 g/mol. The number of aromatic nitrogens is 1. The average molecular weight is 333 g/mol. The minimum Gasteiger partial charge on any atom is -0.475 e. The van der Waals surface area contributed by atoms with Gasteiger partial charge in [0.25, 0.3) is 5.91 Å². The minimum atomic E-state index is -5.08. The van der Waals surface area contributed by atoms with Crippen molar-refractivity contribution < 1.29 is 32.7 Å². The second-order valence-electron chi connectivity index (χ2n) is 5.06. The second-order valence-corrected chi connectivity index (χ2v) is 5.06. The maximum atomic E-state index is 11.6. The summed E-state index contributed by atoms with van der Waals surface area (Å²) < 4.78 is 31.7. The molecule has 0 saturated carbocycles. The summed E-state index contributed by atoms with van der Waals surface area (Å²) in [6, 6.07) is 3.31. The van der Waals surface area contributed by atoms with Crippen LogP contribution in [-0.4, -0.2) is 44.6 Å². The average Bonchev–Trinajstić information content (AvgIpc) is 2.62. The number of aliphatic carboxylic acids is 1. The van der Waals surface area contributed by atoms with E-state index in [9.17, 15) is 22.8 Å². The number of carboxylic acids is 1. The van der Waals surface area contributed by atoms with E-state index in [1.54, 1.807) is 26.2 Å². The van der Waals surface area contributed by atoms with Crippen LogP contribution in [0.2, 0.25) is 0 Å². The van der Waals surface area contributed by atoms with Crippen molar-refractivity contribution in [2.45, 2.75) is 32.1 Å². The van der Waals surface area contributed by atoms with Crippen molar-refractivity contribution in [3.8, 4) is 0 Å². The summed E-state index contributed by atoms with van der Waals surface area (Å²) in [4.78, 5) is 37.4. The van der Waals surface area contributed by atoms with Crippen molar-refractivity contribution in [2.75, 3.05) is 0 Å². The van der Waals surface area contributed by atoms with Gasteiger partial charge in [-0.15, -0.1) is 0 Å². The highest BCUT2D eigenvalue weighted by Gasteiger charge is 2.45. The van der Waals surface area contributed by atoms with E-state index in [0.29, 0.717) is 6.54 Å². The fourth-order valence-electron chi connectivity index (χ4n) is 1.63. The Morgan fingerprint density at radius 3 is 2.13 bits per heavy atom. The van der Waals surface area contributed by atoms with Gasteiger partial charge < -0.3 is 10.0 Å². The molecule has 3 amide bonds. The number of rotatable bonds is 2. The molecular weight excluding hydrogens is 319 g/mol. The molecule has 0 aromatic carbocycles. The highest BCUT2D eigenvalue weighted by molar-refractivity contribution is 6.06. The van der Waals surface area contributed by atoms with Gasteiger partial charge in [-0.2, -0.15) is 13.2 Å². The van der Waals surface area contributed by atoms with E-state index in [1.807, 2.05) is 12.1 Å². The van der Waals surface area contributed by atoms with E-state index < -0.39 is 17.7 Å². The van der Waals surface area contributed by atoms with Crippen LogP contribution in [0.1, 0.15) is 19.4 Å². The van der Waals surface area contributed by atoms with Gasteiger partial charge in [0, 0.05) is 18.9 Å². The number of hydrogen-bond acceptors (Lipinski definition) is 4. The molecule has 1 aliphatic rings. The van der Waals surface area contributed by atoms with Crippen LogP contribution in [0.5, 0.6) is 0 Å². The molecule has 0 radical (unpaired) electrons. The molecule has 0 bridgehead atoms. The highest BCUT2D eigenvalue weighted by atomic mass is 19.4. The van der Waals surface area contributed by atoms with Crippen molar-refractivity contribution in [3.63, 3.8) is 0 Å². The fourth-order valence-corrected chi connectivity index (χ4v) is 1.63. The topological polar surface area (TPSA) is 99.6 Å². The standard InChI is InChI=1S/C11H13N3O2.C2HF3O2/c1-11(2)9(15)13-10(16)14(11)7-8-3-5-12-6-4-8;3-2(4,5)1(6)7/h3-6H,7H2,1-2H3,(H,13,15,16);(H,6,7). The van der Waals surface area contributed by atoms with Gasteiger partial charge in [0.05, 0.1) is 0 Å². The molecule has 1 aromatic heterocycles. The lowest BCUT2D eigenvalue weighted by Gasteiger charge is -2.27. The first-order chi connectivity index (χ1) is 10.5. The number of hydrogen-bond donors (Lipinski definition) is 2. The molecule has 126 valence electrons. The Balaban J connectivity index is 0.000000322. The molecule has 0 spiro atoms. The first kappa shape index (κ1) is 18.4. The molecule has 1 aromatic rings. The summed E-state index contributed by atoms with van der Waals surface area (Å²) >= 11 is 0. The summed E-state index contributed by atoms with van der Waals surface area (Å²) in [7, 11) is 0. The molecule has 1 fully saturated rings. The number of urea groups is 1. The number of imide groups is 1. The second kappa shape index (κ2) is 6.63. The Hall–Kier alpha value is -2.65. The maximum absolute atomic E-state index is 11.6. The number of carbonyl (C=O) groups is 3. The molecule has 0 atom stereocenters. The van der Waals surface area contributed by atoms with E-state index in [2.05, 4.69) is 10.3 Å². The molecule has 23 heavy (non-hydrogen) atoms. The molecule has 1 saturated heterocycles. The lowest BCUT2D eigenvalue weighted by atomic mass is 10.0. The Kier molecular flexibility index (Phi) is 5.30. The predicted octanol–water partition coefficient (Wildman–Crippen LogP) is 1.55. The summed E-state index contributed by atoms with van der Waals surface area (Å²) in [5.41, 5.74) is 0.160. The van der Waals surface area contributed by atoms with Gasteiger partial charge in [-0.3, -0.25) is 15.1 Å². The number of alkyl halides is 3. The largest absolute Gasteiger partial charge is 0.490 e. The van der Waals surface area contributed by atoms with Gasteiger partial charge in [-0.05, 0) is 31.5 Å². The van der Waals surface area contributed by atoms with Crippen LogP contribution in [-0.2, 0) is 16.1 Å². The van der Waals surface area contributed by atoms with E-state index in [0.717, 1.165) is 5.56 Å². The number of nitrogens with zero attached hydrogens (tertiary/aromatic N) is 2. The van der Waals surface area contributed by atoms with E-state index in [4.69, 9.17) is 9.90 Å². The van der Waals surface area contributed by atoms with Crippen LogP contribution in [0.3, 0.4) is 0 Å². The fraction of sp³-hybridized carbons (Fsp3) is 0.385. The summed E-state index contributed by atoms with van der Waals surface area (Å²) in [6.45, 7) is 3.87. The van der Waals surface area contributed by atoms with E-state index in [1.165, 1.54) is 4.90 Å². The molecule has 0 aliphatic carbocycles. The molecule has 0 unspecified atom stereocenters. The van der Waals surface area contributed by atoms with Crippen LogP contribution in [0.4, 0.5) is 18.0 Å². The normalized spacial score (nSPS) is 16.5. The predicted molar refractivity (Wildman–Crippen MR) is 71.1 cm³/mol. The van der Waals surface area contributed by atoms with Crippen LogP contribution >= 0.6 is 0 Å². The lowest BCUT2D eigenvalue weighted by Crippen LogP contribution is -2.43. The highest BCUT2D eigenvalue weighted by Crippen LogP contribution is 2.23. The van der Waals surface area contributed by atoms with Crippen molar-refractivity contribution in [1.82, 2.24) is 15.2 Å². The zero-order valence-electron chi connectivity index (χ0n) is 12.2. The summed E-state index contributed by atoms with van der Waals surface area (Å²) in [5, 5.41) is 9.43. The van der Waals surface area contributed by atoms with Gasteiger partial charge in [-0.1, -0.05) is 0 Å². The van der Waals surface area contributed by atoms with Gasteiger partial charge in [0.2, 0.25) is 0 Å². The first-order valence-electron chi connectivity index (χ1n) is 6.28. The third-order valence-corrected chi connectivity index (χ3v) is 3.03. The third kappa shape index (κ3) is 4.66. The number of amides is 3. The summed E-state index contributed by atoms with van der Waals surface area (Å²) in [5.74, 6) is -3.01. The molecule has 1 aliphatic heterocycles. The van der Waals surface area contributed by atoms with Gasteiger partial charge in [-0.25, -0.2) is 9.59 Å². The Labute approximate surface area is 129 Å². The van der Waals surface area contributed by atoms with Crippen molar-refractivity contribution in [3.05, 3.63) is 30.1 Å². The number of halogens is 3. The van der Waals surface area contributed by atoms with Crippen LogP contribution < -0.4 is 5.32 Å². The SMILES string of the molecule is CC1(C)C(=O)NC(=O)N1Cc1ccncc1.O=C(O)C(F)(F)F. The Morgan fingerprint density at radius 1 is 1.30 bits per heavy atom. The van der Waals surface area contributed by atoms with Crippen LogP contribution in [0, 0.1) is 0 Å². The number of pyridine rings is 1. The zero-order valence-corrected chi connectivity index (χ0v) is 12.2. The zero-order chi connectivity index (χ0) is 17.8. The minimum absolute atomic E-state index is 0.258. The molecular formula is C13H14F3N3O4. The van der Waals surface area contributed by atoms with Crippen LogP contribution in [0.25, 0.3) is 0 Å². The smallest absolute Gasteiger partial charge is 0.475 e. The van der Waals surface area contributed by atoms with Crippen molar-refractivity contribution in [1.29, 1.82) is 0 Å². The number of carboxylic acid groups (broad SMARTS) is 1. The molecule has 10 heteroatoms. The molecule has 2 N–H and O–H groups in total. The van der Waals surface area contributed by atoms with E-state index in [-0.39, 0.29) is 11.9 Å². The number of nitrogens with one attached hydrogen (secondary N) is 1. The Bertz CT molecular complexity index is 602. The molecule has 2 rings (SSSR count). The Morgan fingerprint density at radius 2 is 1.78 bits per heavy atom.